The topological polar surface area (TPSA) is 69.1 Å². The van der Waals surface area contributed by atoms with Gasteiger partial charge in [-0.3, -0.25) is 4.40 Å². The number of para-hydroxylation sites is 2. The second kappa shape index (κ2) is 3.78. The summed E-state index contributed by atoms with van der Waals surface area (Å²) in [5.41, 5.74) is 9.28. The van der Waals surface area contributed by atoms with Crippen molar-refractivity contribution in [3.8, 4) is 0 Å². The summed E-state index contributed by atoms with van der Waals surface area (Å²) < 4.78 is 2.05. The molecule has 0 bridgehead atoms. The van der Waals surface area contributed by atoms with Gasteiger partial charge in [0.05, 0.1) is 16.7 Å². The van der Waals surface area contributed by atoms with Crippen molar-refractivity contribution in [1.29, 1.82) is 0 Å². The molecule has 2 heterocycles. The Morgan fingerprint density at radius 3 is 2.88 bits per heavy atom. The van der Waals surface area contributed by atoms with Gasteiger partial charge in [-0.05, 0) is 25.6 Å². The summed E-state index contributed by atoms with van der Waals surface area (Å²) in [6, 6.07) is 7.99. The average Bonchev–Trinajstić information content (AvgIpc) is 2.75. The first-order chi connectivity index (χ1) is 8.31. The number of nitrogens with zero attached hydrogens (tertiary/aromatic N) is 4. The highest BCUT2D eigenvalue weighted by Crippen LogP contribution is 2.17. The lowest BCUT2D eigenvalue weighted by Crippen LogP contribution is -2.07. The molecule has 5 nitrogen and oxygen atoms in total. The molecule has 2 aromatic heterocycles. The van der Waals surface area contributed by atoms with Crippen LogP contribution in [-0.4, -0.2) is 26.1 Å². The zero-order valence-corrected chi connectivity index (χ0v) is 9.59. The standard InChI is InChI=1S/C12H13N5/c1-8-12-16-15-11(6-7-13)17(12)10-5-3-2-4-9(10)14-8/h2-5H,6-7,13H2,1H3. The van der Waals surface area contributed by atoms with Crippen LogP contribution in [0.5, 0.6) is 0 Å². The Morgan fingerprint density at radius 1 is 1.24 bits per heavy atom. The Kier molecular flexibility index (Phi) is 2.26. The van der Waals surface area contributed by atoms with Crippen LogP contribution in [0, 0.1) is 6.92 Å². The maximum atomic E-state index is 5.60. The highest BCUT2D eigenvalue weighted by molar-refractivity contribution is 5.78. The van der Waals surface area contributed by atoms with Gasteiger partial charge < -0.3 is 5.73 Å². The van der Waals surface area contributed by atoms with Crippen molar-refractivity contribution >= 4 is 16.7 Å². The fraction of sp³-hybridized carbons (Fsp3) is 0.250. The van der Waals surface area contributed by atoms with Crippen LogP contribution in [0.3, 0.4) is 0 Å². The maximum absolute atomic E-state index is 5.60. The molecule has 0 saturated carbocycles. The summed E-state index contributed by atoms with van der Waals surface area (Å²) in [4.78, 5) is 4.52. The van der Waals surface area contributed by atoms with E-state index in [4.69, 9.17) is 5.73 Å². The number of fused-ring (bicyclic) bond motifs is 3. The Bertz CT molecular complexity index is 686. The van der Waals surface area contributed by atoms with Gasteiger partial charge in [-0.25, -0.2) is 4.98 Å². The lowest BCUT2D eigenvalue weighted by atomic mass is 10.2. The molecule has 0 radical (unpaired) electrons. The van der Waals surface area contributed by atoms with Crippen LogP contribution in [0.1, 0.15) is 11.5 Å². The third-order valence-corrected chi connectivity index (χ3v) is 2.83. The van der Waals surface area contributed by atoms with Crippen molar-refractivity contribution < 1.29 is 0 Å². The summed E-state index contributed by atoms with van der Waals surface area (Å²) in [5.74, 6) is 0.893. The molecule has 0 aliphatic rings. The van der Waals surface area contributed by atoms with E-state index in [1.165, 1.54) is 0 Å². The molecule has 3 rings (SSSR count). The van der Waals surface area contributed by atoms with Crippen LogP contribution in [0.4, 0.5) is 0 Å². The normalized spacial score (nSPS) is 11.4. The first-order valence-corrected chi connectivity index (χ1v) is 5.60. The summed E-state index contributed by atoms with van der Waals surface area (Å²) in [6.45, 7) is 2.51. The van der Waals surface area contributed by atoms with Crippen molar-refractivity contribution in [2.24, 2.45) is 5.73 Å². The van der Waals surface area contributed by atoms with E-state index in [-0.39, 0.29) is 0 Å². The smallest absolute Gasteiger partial charge is 0.182 e. The van der Waals surface area contributed by atoms with Crippen molar-refractivity contribution in [3.63, 3.8) is 0 Å². The summed E-state index contributed by atoms with van der Waals surface area (Å²) in [5, 5.41) is 8.37. The fourth-order valence-corrected chi connectivity index (χ4v) is 2.07. The van der Waals surface area contributed by atoms with Gasteiger partial charge in [-0.1, -0.05) is 12.1 Å². The molecule has 0 spiro atoms. The number of hydrogen-bond donors (Lipinski definition) is 1. The predicted molar refractivity (Wildman–Crippen MR) is 65.8 cm³/mol. The van der Waals surface area contributed by atoms with Gasteiger partial charge in [0.15, 0.2) is 5.65 Å². The highest BCUT2D eigenvalue weighted by Gasteiger charge is 2.11. The molecule has 2 N–H and O–H groups in total. The molecular weight excluding hydrogens is 214 g/mol. The van der Waals surface area contributed by atoms with Crippen molar-refractivity contribution in [2.45, 2.75) is 13.3 Å². The van der Waals surface area contributed by atoms with Crippen LogP contribution < -0.4 is 5.73 Å². The number of benzene rings is 1. The Hall–Kier alpha value is -2.01. The Balaban J connectivity index is 2.47. The largest absolute Gasteiger partial charge is 0.330 e. The quantitative estimate of drug-likeness (QED) is 0.711. The molecule has 0 fully saturated rings. The molecule has 1 aromatic carbocycles. The van der Waals surface area contributed by atoms with E-state index >= 15 is 0 Å². The van der Waals surface area contributed by atoms with E-state index in [1.54, 1.807) is 0 Å². The van der Waals surface area contributed by atoms with Gasteiger partial charge in [-0.15, -0.1) is 10.2 Å². The zero-order chi connectivity index (χ0) is 11.8. The van der Waals surface area contributed by atoms with Gasteiger partial charge in [0.2, 0.25) is 0 Å². The van der Waals surface area contributed by atoms with E-state index in [9.17, 15) is 0 Å². The summed E-state index contributed by atoms with van der Waals surface area (Å²) >= 11 is 0. The van der Waals surface area contributed by atoms with Gasteiger partial charge in [0.1, 0.15) is 5.82 Å². The molecule has 0 amide bonds. The predicted octanol–water partition coefficient (Wildman–Crippen LogP) is 1.09. The SMILES string of the molecule is Cc1nc2ccccc2n2c(CCN)nnc12. The molecule has 3 aromatic rings. The van der Waals surface area contributed by atoms with Crippen LogP contribution >= 0.6 is 0 Å². The molecular formula is C12H13N5. The van der Waals surface area contributed by atoms with E-state index in [0.29, 0.717) is 13.0 Å². The number of rotatable bonds is 2. The number of nitrogens with two attached hydrogens (primary N) is 1. The van der Waals surface area contributed by atoms with Crippen molar-refractivity contribution in [3.05, 3.63) is 35.8 Å². The molecule has 0 saturated heterocycles. The Labute approximate surface area is 98.3 Å². The van der Waals surface area contributed by atoms with Crippen molar-refractivity contribution in [2.75, 3.05) is 6.54 Å². The average molecular weight is 227 g/mol. The van der Waals surface area contributed by atoms with E-state index in [1.807, 2.05) is 35.6 Å². The maximum Gasteiger partial charge on any atom is 0.182 e. The van der Waals surface area contributed by atoms with Gasteiger partial charge in [0, 0.05) is 6.42 Å². The fourth-order valence-electron chi connectivity index (χ4n) is 2.07. The number of aryl methyl sites for hydroxylation is 1. The lowest BCUT2D eigenvalue weighted by Gasteiger charge is -2.05. The van der Waals surface area contributed by atoms with E-state index in [0.717, 1.165) is 28.2 Å². The van der Waals surface area contributed by atoms with Gasteiger partial charge in [-0.2, -0.15) is 0 Å². The molecule has 17 heavy (non-hydrogen) atoms. The number of aromatic nitrogens is 4. The van der Waals surface area contributed by atoms with E-state index in [2.05, 4.69) is 15.2 Å². The summed E-state index contributed by atoms with van der Waals surface area (Å²) in [7, 11) is 0. The van der Waals surface area contributed by atoms with Crippen LogP contribution in [0.25, 0.3) is 16.7 Å². The highest BCUT2D eigenvalue weighted by atomic mass is 15.3. The van der Waals surface area contributed by atoms with Crippen molar-refractivity contribution in [1.82, 2.24) is 19.6 Å². The first-order valence-electron chi connectivity index (χ1n) is 5.60. The van der Waals surface area contributed by atoms with E-state index < -0.39 is 0 Å². The second-order valence-corrected chi connectivity index (χ2v) is 4.00. The first kappa shape index (κ1) is 10.2. The van der Waals surface area contributed by atoms with Crippen LogP contribution in [-0.2, 0) is 6.42 Å². The zero-order valence-electron chi connectivity index (χ0n) is 9.59. The minimum atomic E-state index is 0.566. The molecule has 0 unspecified atom stereocenters. The molecule has 0 aliphatic heterocycles. The van der Waals surface area contributed by atoms with Gasteiger partial charge in [0.25, 0.3) is 0 Å². The third-order valence-electron chi connectivity index (χ3n) is 2.83. The Morgan fingerprint density at radius 2 is 2.06 bits per heavy atom. The monoisotopic (exact) mass is 227 g/mol. The minimum absolute atomic E-state index is 0.566. The van der Waals surface area contributed by atoms with Crippen LogP contribution in [0.2, 0.25) is 0 Å². The second-order valence-electron chi connectivity index (χ2n) is 4.00. The minimum Gasteiger partial charge on any atom is -0.330 e. The molecule has 0 atom stereocenters. The lowest BCUT2D eigenvalue weighted by molar-refractivity contribution is 0.856. The number of hydrogen-bond acceptors (Lipinski definition) is 4. The van der Waals surface area contributed by atoms with Crippen LogP contribution in [0.15, 0.2) is 24.3 Å². The molecule has 5 heteroatoms. The third kappa shape index (κ3) is 1.47. The molecule has 0 aliphatic carbocycles. The molecule has 86 valence electrons. The summed E-state index contributed by atoms with van der Waals surface area (Å²) in [6.07, 6.45) is 0.717. The van der Waals surface area contributed by atoms with Gasteiger partial charge >= 0.3 is 0 Å².